The van der Waals surface area contributed by atoms with E-state index in [2.05, 4.69) is 31.6 Å². The van der Waals surface area contributed by atoms with Gasteiger partial charge < -0.3 is 15.0 Å². The number of nitriles is 1. The number of hydrogen-bond acceptors (Lipinski definition) is 8. The minimum absolute atomic E-state index is 0.0188. The molecule has 4 rings (SSSR count). The lowest BCUT2D eigenvalue weighted by molar-refractivity contribution is -0.137. The monoisotopic (exact) mass is 563 g/mol. The lowest BCUT2D eigenvalue weighted by atomic mass is 9.84. The van der Waals surface area contributed by atoms with Crippen LogP contribution in [0.3, 0.4) is 0 Å². The summed E-state index contributed by atoms with van der Waals surface area (Å²) in [5.41, 5.74) is 0.421. The van der Waals surface area contributed by atoms with Crippen molar-refractivity contribution >= 4 is 23.4 Å². The molecule has 12 heteroatoms. The minimum atomic E-state index is -0.928. The number of carbonyl (C=O) groups is 2. The Balaban J connectivity index is 1.53. The van der Waals surface area contributed by atoms with Gasteiger partial charge in [0.25, 0.3) is 5.91 Å². The number of aryl methyl sites for hydroxylation is 2. The van der Waals surface area contributed by atoms with Crippen LogP contribution in [0.25, 0.3) is 0 Å². The Morgan fingerprint density at radius 1 is 1.25 bits per heavy atom. The molecule has 0 radical (unpaired) electrons. The lowest BCUT2D eigenvalue weighted by Gasteiger charge is -2.38. The highest BCUT2D eigenvalue weighted by atomic mass is 35.5. The molecule has 1 aromatic carbocycles. The van der Waals surface area contributed by atoms with Crippen LogP contribution in [0.2, 0.25) is 5.02 Å². The molecule has 0 bridgehead atoms. The van der Waals surface area contributed by atoms with Gasteiger partial charge in [-0.05, 0) is 65.2 Å². The van der Waals surface area contributed by atoms with Gasteiger partial charge >= 0.3 is 5.56 Å². The molecule has 1 aliphatic rings. The molecule has 2 amide bonds. The Morgan fingerprint density at radius 2 is 2.00 bits per heavy atom. The summed E-state index contributed by atoms with van der Waals surface area (Å²) in [6.07, 6.45) is 2.58. The second-order valence-electron chi connectivity index (χ2n) is 10.4. The number of aromatic amines is 1. The summed E-state index contributed by atoms with van der Waals surface area (Å²) in [6.45, 7) is 8.52. The van der Waals surface area contributed by atoms with Crippen molar-refractivity contribution in [1.82, 2.24) is 30.4 Å². The van der Waals surface area contributed by atoms with Crippen molar-refractivity contribution < 1.29 is 14.3 Å². The molecule has 2 N–H and O–H groups in total. The van der Waals surface area contributed by atoms with Gasteiger partial charge in [0.05, 0.1) is 41.2 Å². The molecule has 3 heterocycles. The van der Waals surface area contributed by atoms with Crippen LogP contribution in [-0.2, 0) is 4.79 Å². The quantitative estimate of drug-likeness (QED) is 0.437. The number of aromatic nitrogens is 4. The highest BCUT2D eigenvalue weighted by molar-refractivity contribution is 6.30. The topological polar surface area (TPSA) is 154 Å². The molecule has 0 aliphatic carbocycles. The van der Waals surface area contributed by atoms with Gasteiger partial charge in [0.15, 0.2) is 11.5 Å². The number of amides is 2. The second-order valence-corrected chi connectivity index (χ2v) is 10.8. The van der Waals surface area contributed by atoms with Crippen molar-refractivity contribution in [3.63, 3.8) is 0 Å². The first kappa shape index (κ1) is 28.7. The van der Waals surface area contributed by atoms with Crippen molar-refractivity contribution in [3.05, 3.63) is 74.7 Å². The summed E-state index contributed by atoms with van der Waals surface area (Å²) in [5.74, 6) is -0.924. The predicted octanol–water partition coefficient (Wildman–Crippen LogP) is 4.02. The normalized spacial score (nSPS) is 17.7. The van der Waals surface area contributed by atoms with Crippen molar-refractivity contribution in [2.75, 3.05) is 0 Å². The van der Waals surface area contributed by atoms with Gasteiger partial charge in [0.2, 0.25) is 11.7 Å². The zero-order chi connectivity index (χ0) is 29.2. The van der Waals surface area contributed by atoms with Gasteiger partial charge in [-0.15, -0.1) is 0 Å². The van der Waals surface area contributed by atoms with Gasteiger partial charge in [0, 0.05) is 11.1 Å². The maximum Gasteiger partial charge on any atom is 0.307 e. The molecule has 11 nitrogen and oxygen atoms in total. The smallest absolute Gasteiger partial charge is 0.307 e. The first-order valence-corrected chi connectivity index (χ1v) is 13.2. The van der Waals surface area contributed by atoms with Crippen molar-refractivity contribution in [1.29, 1.82) is 5.26 Å². The first-order chi connectivity index (χ1) is 18.9. The van der Waals surface area contributed by atoms with Gasteiger partial charge in [-0.1, -0.05) is 23.7 Å². The van der Waals surface area contributed by atoms with Crippen molar-refractivity contribution in [2.45, 2.75) is 65.6 Å². The summed E-state index contributed by atoms with van der Waals surface area (Å²) in [4.78, 5) is 48.8. The molecule has 3 aromatic rings. The Kier molecular flexibility index (Phi) is 8.21. The van der Waals surface area contributed by atoms with Crippen LogP contribution in [0, 0.1) is 30.6 Å². The number of likely N-dealkylation sites (tertiary alicyclic amines) is 1. The summed E-state index contributed by atoms with van der Waals surface area (Å²) < 4.78 is 5.62. The van der Waals surface area contributed by atoms with E-state index in [1.807, 2.05) is 32.0 Å². The average Bonchev–Trinajstić information content (AvgIpc) is 3.37. The van der Waals surface area contributed by atoms with Crippen LogP contribution < -0.4 is 15.6 Å². The standard InChI is InChI=1S/C28H30ClN7O4/c1-15-11-21(25(37)35-34-15)40-22-13-31-24(32-16(22)2)26(38)33-17(3)27(39)36-20(18-7-6-8-19(29)12-18)9-10-23(36)28(4,5)14-30/h6-8,11-13,17,20,23H,9-10H2,1-5H3,(H,33,38)(H,35,37)/t17-,20+,23-/m1/s1. The van der Waals surface area contributed by atoms with Crippen LogP contribution in [0.15, 0.2) is 41.3 Å². The third kappa shape index (κ3) is 5.97. The minimum Gasteiger partial charge on any atom is -0.448 e. The van der Waals surface area contributed by atoms with E-state index >= 15 is 0 Å². The van der Waals surface area contributed by atoms with Crippen LogP contribution in [0.4, 0.5) is 0 Å². The fourth-order valence-electron chi connectivity index (χ4n) is 4.83. The molecule has 1 aliphatic heterocycles. The molecule has 1 saturated heterocycles. The number of H-pyrrole nitrogens is 1. The summed E-state index contributed by atoms with van der Waals surface area (Å²) in [6, 6.07) is 9.54. The Morgan fingerprint density at radius 3 is 2.67 bits per heavy atom. The Bertz CT molecular complexity index is 1550. The van der Waals surface area contributed by atoms with Crippen molar-refractivity contribution in [2.24, 2.45) is 5.41 Å². The molecule has 40 heavy (non-hydrogen) atoms. The number of halogens is 1. The van der Waals surface area contributed by atoms with E-state index in [4.69, 9.17) is 16.3 Å². The SMILES string of the molecule is Cc1cc(Oc2cnc(C(=O)N[C@H](C)C(=O)N3[C@H](c4cccc(Cl)c4)CC[C@@H]3C(C)(C)C#N)nc2C)c(=O)[nH]n1. The Labute approximate surface area is 236 Å². The molecule has 0 unspecified atom stereocenters. The zero-order valence-electron chi connectivity index (χ0n) is 22.9. The van der Waals surface area contributed by atoms with E-state index in [0.717, 1.165) is 5.56 Å². The van der Waals surface area contributed by atoms with Crippen LogP contribution in [-0.4, -0.2) is 49.0 Å². The maximum absolute atomic E-state index is 13.8. The molecule has 1 fully saturated rings. The number of hydrogen-bond donors (Lipinski definition) is 2. The van der Waals surface area contributed by atoms with E-state index in [0.29, 0.717) is 29.3 Å². The number of rotatable bonds is 7. The van der Waals surface area contributed by atoms with Gasteiger partial charge in [0.1, 0.15) is 6.04 Å². The highest BCUT2D eigenvalue weighted by Gasteiger charge is 2.46. The maximum atomic E-state index is 13.8. The summed E-state index contributed by atoms with van der Waals surface area (Å²) in [5, 5.41) is 19.2. The number of benzene rings is 1. The van der Waals surface area contributed by atoms with Gasteiger partial charge in [-0.3, -0.25) is 14.4 Å². The van der Waals surface area contributed by atoms with Gasteiger partial charge in [-0.25, -0.2) is 15.1 Å². The predicted molar refractivity (Wildman–Crippen MR) is 147 cm³/mol. The van der Waals surface area contributed by atoms with E-state index in [9.17, 15) is 19.6 Å². The number of nitrogens with one attached hydrogen (secondary N) is 2. The van der Waals surface area contributed by atoms with Crippen molar-refractivity contribution in [3.8, 4) is 17.6 Å². The average molecular weight is 564 g/mol. The Hall–Kier alpha value is -4.30. The van der Waals surface area contributed by atoms with E-state index in [-0.39, 0.29) is 35.3 Å². The summed E-state index contributed by atoms with van der Waals surface area (Å²) >= 11 is 6.23. The molecule has 208 valence electrons. The van der Waals surface area contributed by atoms with E-state index < -0.39 is 22.9 Å². The molecular weight excluding hydrogens is 534 g/mol. The number of nitrogens with zero attached hydrogens (tertiary/aromatic N) is 5. The molecule has 0 spiro atoms. The van der Waals surface area contributed by atoms with Gasteiger partial charge in [-0.2, -0.15) is 10.4 Å². The zero-order valence-corrected chi connectivity index (χ0v) is 23.6. The van der Waals surface area contributed by atoms with E-state index in [1.54, 1.807) is 31.7 Å². The highest BCUT2D eigenvalue weighted by Crippen LogP contribution is 2.43. The number of carbonyl (C=O) groups excluding carboxylic acids is 2. The molecule has 2 aromatic heterocycles. The summed E-state index contributed by atoms with van der Waals surface area (Å²) in [7, 11) is 0. The van der Waals surface area contributed by atoms with Crippen LogP contribution in [0.1, 0.15) is 67.2 Å². The first-order valence-electron chi connectivity index (χ1n) is 12.8. The van der Waals surface area contributed by atoms with Crippen LogP contribution in [0.5, 0.6) is 11.5 Å². The molecule has 0 saturated carbocycles. The third-order valence-corrected chi connectivity index (χ3v) is 7.20. The second kappa shape index (κ2) is 11.4. The lowest BCUT2D eigenvalue weighted by Crippen LogP contribution is -2.52. The number of ether oxygens (including phenoxy) is 1. The molecular formula is C28H30ClN7O4. The largest absolute Gasteiger partial charge is 0.448 e. The molecule has 3 atom stereocenters. The van der Waals surface area contributed by atoms with Crippen LogP contribution >= 0.6 is 11.6 Å². The fourth-order valence-corrected chi connectivity index (χ4v) is 5.03. The fraction of sp³-hybridized carbons (Fsp3) is 0.393. The van der Waals surface area contributed by atoms with E-state index in [1.165, 1.54) is 12.3 Å². The third-order valence-electron chi connectivity index (χ3n) is 6.97.